The zero-order valence-corrected chi connectivity index (χ0v) is 26.1. The summed E-state index contributed by atoms with van der Waals surface area (Å²) >= 11 is 13.2. The first kappa shape index (κ1) is 30.1. The molecule has 3 aliphatic heterocycles. The van der Waals surface area contributed by atoms with Crippen molar-refractivity contribution in [3.63, 3.8) is 0 Å². The molecule has 6 rings (SSSR count). The summed E-state index contributed by atoms with van der Waals surface area (Å²) in [7, 11) is 0. The number of morpholine rings is 1. The summed E-state index contributed by atoms with van der Waals surface area (Å²) in [5, 5.41) is 1.28. The van der Waals surface area contributed by atoms with Gasteiger partial charge in [-0.1, -0.05) is 23.2 Å². The highest BCUT2D eigenvalue weighted by atomic mass is 35.5. The van der Waals surface area contributed by atoms with Gasteiger partial charge in [-0.15, -0.1) is 0 Å². The molecular weight excluding hydrogens is 596 g/mol. The number of aromatic nitrogens is 2. The van der Waals surface area contributed by atoms with Gasteiger partial charge in [-0.05, 0) is 57.5 Å². The number of anilines is 1. The van der Waals surface area contributed by atoms with E-state index in [4.69, 9.17) is 32.7 Å². The fourth-order valence-electron chi connectivity index (χ4n) is 6.67. The monoisotopic (exact) mass is 631 g/mol. The molecule has 0 N–H and O–H groups in total. The van der Waals surface area contributed by atoms with Gasteiger partial charge < -0.3 is 19.3 Å². The first-order valence-electron chi connectivity index (χ1n) is 14.8. The van der Waals surface area contributed by atoms with Crippen molar-refractivity contribution >= 4 is 45.8 Å². The van der Waals surface area contributed by atoms with Gasteiger partial charge in [0.2, 0.25) is 5.91 Å². The molecule has 3 aromatic rings. The first-order chi connectivity index (χ1) is 20.6. The molecule has 12 heteroatoms. The van der Waals surface area contributed by atoms with Crippen LogP contribution in [0, 0.1) is 5.82 Å². The molecule has 9 nitrogen and oxygen atoms in total. The maximum Gasteiger partial charge on any atom is 0.350 e. The lowest BCUT2D eigenvalue weighted by atomic mass is 9.98. The Morgan fingerprint density at radius 1 is 1.12 bits per heavy atom. The molecule has 2 fully saturated rings. The maximum atomic E-state index is 15.2. The Bertz CT molecular complexity index is 1610. The molecule has 1 amide bonds. The second kappa shape index (κ2) is 12.2. The Balaban J connectivity index is 1.48. The zero-order valence-electron chi connectivity index (χ0n) is 24.6. The van der Waals surface area contributed by atoms with Crippen molar-refractivity contribution in [2.75, 3.05) is 57.4 Å². The van der Waals surface area contributed by atoms with Crippen molar-refractivity contribution in [3.8, 4) is 16.9 Å². The van der Waals surface area contributed by atoms with Gasteiger partial charge in [0.25, 0.3) is 0 Å². The summed E-state index contributed by atoms with van der Waals surface area (Å²) < 4.78 is 28.8. The second-order valence-corrected chi connectivity index (χ2v) is 12.6. The highest BCUT2D eigenvalue weighted by Crippen LogP contribution is 2.48. The Kier molecular flexibility index (Phi) is 8.56. The van der Waals surface area contributed by atoms with Gasteiger partial charge in [0.15, 0.2) is 5.75 Å². The van der Waals surface area contributed by atoms with Crippen molar-refractivity contribution in [1.29, 1.82) is 0 Å². The molecule has 0 bridgehead atoms. The molecule has 4 heterocycles. The van der Waals surface area contributed by atoms with Crippen LogP contribution in [0.15, 0.2) is 29.1 Å². The van der Waals surface area contributed by atoms with Crippen LogP contribution in [0.2, 0.25) is 10.0 Å². The summed E-state index contributed by atoms with van der Waals surface area (Å²) in [6.45, 7) is 10.9. The summed E-state index contributed by atoms with van der Waals surface area (Å²) in [4.78, 5) is 37.1. The average Bonchev–Trinajstić information content (AvgIpc) is 2.98. The third-order valence-corrected chi connectivity index (χ3v) is 9.39. The third-order valence-electron chi connectivity index (χ3n) is 8.86. The van der Waals surface area contributed by atoms with E-state index in [0.717, 1.165) is 39.3 Å². The van der Waals surface area contributed by atoms with E-state index in [1.165, 1.54) is 18.2 Å². The third kappa shape index (κ3) is 5.70. The molecule has 43 heavy (non-hydrogen) atoms. The van der Waals surface area contributed by atoms with Gasteiger partial charge in [0.1, 0.15) is 18.2 Å². The number of halogens is 3. The smallest absolute Gasteiger partial charge is 0.350 e. The van der Waals surface area contributed by atoms with Crippen molar-refractivity contribution in [2.24, 2.45) is 0 Å². The molecule has 1 aromatic heterocycles. The predicted octanol–water partition coefficient (Wildman–Crippen LogP) is 5.00. The highest BCUT2D eigenvalue weighted by Gasteiger charge is 2.36. The van der Waals surface area contributed by atoms with E-state index < -0.39 is 11.5 Å². The van der Waals surface area contributed by atoms with E-state index in [0.29, 0.717) is 52.6 Å². The van der Waals surface area contributed by atoms with Gasteiger partial charge in [0.05, 0.1) is 29.8 Å². The Hall–Kier alpha value is -2.92. The lowest BCUT2D eigenvalue weighted by molar-refractivity contribution is -0.131. The van der Waals surface area contributed by atoms with Crippen LogP contribution in [0.3, 0.4) is 0 Å². The lowest BCUT2D eigenvalue weighted by Crippen LogP contribution is -2.58. The van der Waals surface area contributed by atoms with Gasteiger partial charge in [-0.3, -0.25) is 14.3 Å². The van der Waals surface area contributed by atoms with E-state index >= 15 is 4.39 Å². The van der Waals surface area contributed by atoms with Crippen LogP contribution < -0.4 is 15.3 Å². The summed E-state index contributed by atoms with van der Waals surface area (Å²) in [5.74, 6) is 0.340. The van der Waals surface area contributed by atoms with Gasteiger partial charge in [-0.25, -0.2) is 9.18 Å². The van der Waals surface area contributed by atoms with Crippen LogP contribution in [0.1, 0.15) is 39.7 Å². The van der Waals surface area contributed by atoms with Gasteiger partial charge in [0, 0.05) is 66.7 Å². The van der Waals surface area contributed by atoms with Crippen LogP contribution >= 0.6 is 23.2 Å². The van der Waals surface area contributed by atoms with Crippen LogP contribution in [-0.2, 0) is 9.53 Å². The molecular formula is C31H36Cl2FN5O4. The minimum atomic E-state index is -0.496. The fraction of sp³-hybridized carbons (Fsp3) is 0.516. The quantitative estimate of drug-likeness (QED) is 0.379. The topological polar surface area (TPSA) is 80.1 Å². The molecule has 0 unspecified atom stereocenters. The van der Waals surface area contributed by atoms with Crippen molar-refractivity contribution in [2.45, 2.75) is 51.7 Å². The SMILES string of the molecule is CC(=O)N1C[C@H](C)N(c2nc(=O)n3c4c(c(-c5cc(Cl)ccc5F)c(Cl)cc24)OC[C@H]3CCCN2CCOCC2)C[C@H]1C. The van der Waals surface area contributed by atoms with E-state index in [9.17, 15) is 9.59 Å². The molecule has 0 radical (unpaired) electrons. The Morgan fingerprint density at radius 3 is 2.63 bits per heavy atom. The number of benzene rings is 2. The molecule has 2 saturated heterocycles. The number of hydrogen-bond donors (Lipinski definition) is 0. The lowest BCUT2D eigenvalue weighted by Gasteiger charge is -2.45. The number of carbonyl (C=O) groups is 1. The molecule has 2 aromatic carbocycles. The van der Waals surface area contributed by atoms with Crippen LogP contribution in [0.25, 0.3) is 22.0 Å². The van der Waals surface area contributed by atoms with Crippen molar-refractivity contribution < 1.29 is 18.7 Å². The first-order valence-corrected chi connectivity index (χ1v) is 15.6. The van der Waals surface area contributed by atoms with Crippen LogP contribution in [0.4, 0.5) is 10.2 Å². The van der Waals surface area contributed by atoms with E-state index in [-0.39, 0.29) is 41.2 Å². The average molecular weight is 633 g/mol. The number of rotatable bonds is 6. The molecule has 230 valence electrons. The van der Waals surface area contributed by atoms with E-state index in [2.05, 4.69) is 14.8 Å². The zero-order chi connectivity index (χ0) is 30.4. The molecule has 0 saturated carbocycles. The van der Waals surface area contributed by atoms with E-state index in [1.54, 1.807) is 17.6 Å². The van der Waals surface area contributed by atoms with Crippen LogP contribution in [0.5, 0.6) is 5.75 Å². The fourth-order valence-corrected chi connectivity index (χ4v) is 7.14. The van der Waals surface area contributed by atoms with Gasteiger partial charge in [-0.2, -0.15) is 4.98 Å². The summed E-state index contributed by atoms with van der Waals surface area (Å²) in [5.41, 5.74) is 0.714. The van der Waals surface area contributed by atoms with Gasteiger partial charge >= 0.3 is 5.69 Å². The molecule has 0 aliphatic carbocycles. The molecule has 3 atom stereocenters. The summed E-state index contributed by atoms with van der Waals surface area (Å²) in [6.07, 6.45) is 1.57. The molecule has 3 aliphatic rings. The normalized spacial score (nSPS) is 22.6. The van der Waals surface area contributed by atoms with Crippen molar-refractivity contribution in [3.05, 3.63) is 50.6 Å². The minimum Gasteiger partial charge on any atom is -0.488 e. The standard InChI is InChI=1S/C31H36Cl2FN5O4/c1-18-16-38(19(2)15-37(18)20(3)40)30-24-14-25(33)27(23-13-21(32)6-7-26(23)34)29-28(24)39(31(41)35-30)22(17-43-29)5-4-8-36-9-11-42-12-10-36/h6-7,13-14,18-19,22H,4-5,8-12,15-17H2,1-3H3/t18-,19+,22-/m1/s1. The second-order valence-electron chi connectivity index (χ2n) is 11.8. The predicted molar refractivity (Wildman–Crippen MR) is 166 cm³/mol. The largest absolute Gasteiger partial charge is 0.488 e. The number of hydrogen-bond acceptors (Lipinski definition) is 7. The van der Waals surface area contributed by atoms with Crippen molar-refractivity contribution in [1.82, 2.24) is 19.4 Å². The maximum absolute atomic E-state index is 15.2. The summed E-state index contributed by atoms with van der Waals surface area (Å²) in [6, 6.07) is 5.61. The Morgan fingerprint density at radius 2 is 1.88 bits per heavy atom. The number of piperazine rings is 1. The van der Waals surface area contributed by atoms with E-state index in [1.807, 2.05) is 18.7 Å². The Labute approximate surface area is 260 Å². The number of nitrogens with zero attached hydrogens (tertiary/aromatic N) is 5. The highest BCUT2D eigenvalue weighted by molar-refractivity contribution is 6.35. The minimum absolute atomic E-state index is 0.00785. The van der Waals surface area contributed by atoms with Crippen LogP contribution in [-0.4, -0.2) is 89.9 Å². The number of ether oxygens (including phenoxy) is 2. The molecule has 0 spiro atoms. The number of amides is 1. The number of carbonyl (C=O) groups excluding carboxylic acids is 1.